The molecule has 0 unspecified atom stereocenters. The van der Waals surface area contributed by atoms with Gasteiger partial charge in [-0.1, -0.05) is 5.16 Å². The number of rotatable bonds is 2. The molecule has 0 saturated carbocycles. The van der Waals surface area contributed by atoms with Crippen LogP contribution in [0.2, 0.25) is 0 Å². The van der Waals surface area contributed by atoms with E-state index in [1.165, 1.54) is 0 Å². The Bertz CT molecular complexity index is 501. The highest BCUT2D eigenvalue weighted by Crippen LogP contribution is 2.08. The molecule has 0 fully saturated rings. The van der Waals surface area contributed by atoms with E-state index in [1.807, 2.05) is 0 Å². The lowest BCUT2D eigenvalue weighted by Crippen LogP contribution is -2.21. The fourth-order valence-electron chi connectivity index (χ4n) is 1.19. The van der Waals surface area contributed by atoms with Crippen LogP contribution in [0.5, 0.6) is 0 Å². The Morgan fingerprint density at radius 3 is 2.88 bits per heavy atom. The van der Waals surface area contributed by atoms with Gasteiger partial charge in [0.25, 0.3) is 0 Å². The van der Waals surface area contributed by atoms with Gasteiger partial charge in [-0.25, -0.2) is 4.79 Å². The SMILES string of the molecule is Cc1cc(NC(=O)Nc2ccnn2C)no1. The van der Waals surface area contributed by atoms with Crippen molar-refractivity contribution in [1.82, 2.24) is 14.9 Å². The van der Waals surface area contributed by atoms with Gasteiger partial charge in [0.05, 0.1) is 6.20 Å². The number of aromatic nitrogens is 3. The topological polar surface area (TPSA) is 85.0 Å². The zero-order valence-corrected chi connectivity index (χ0v) is 8.89. The molecule has 16 heavy (non-hydrogen) atoms. The molecule has 7 nitrogen and oxygen atoms in total. The number of amides is 2. The van der Waals surface area contributed by atoms with Crippen LogP contribution >= 0.6 is 0 Å². The fourth-order valence-corrected chi connectivity index (χ4v) is 1.19. The molecule has 0 aliphatic rings. The van der Waals surface area contributed by atoms with E-state index in [1.54, 1.807) is 37.0 Å². The van der Waals surface area contributed by atoms with Crippen LogP contribution in [0.1, 0.15) is 5.76 Å². The third-order valence-corrected chi connectivity index (χ3v) is 1.93. The van der Waals surface area contributed by atoms with E-state index in [9.17, 15) is 4.79 Å². The average Bonchev–Trinajstić information content (AvgIpc) is 2.77. The molecule has 0 aliphatic carbocycles. The molecule has 0 aliphatic heterocycles. The zero-order chi connectivity index (χ0) is 11.5. The number of nitrogens with one attached hydrogen (secondary N) is 2. The molecule has 0 spiro atoms. The summed E-state index contributed by atoms with van der Waals surface area (Å²) in [7, 11) is 1.73. The van der Waals surface area contributed by atoms with Gasteiger partial charge in [-0.3, -0.25) is 15.3 Å². The lowest BCUT2D eigenvalue weighted by molar-refractivity contribution is 0.261. The maximum atomic E-state index is 11.5. The Kier molecular flexibility index (Phi) is 2.59. The lowest BCUT2D eigenvalue weighted by atomic mass is 10.5. The predicted octanol–water partition coefficient (Wildman–Crippen LogP) is 1.36. The van der Waals surface area contributed by atoms with Crippen LogP contribution < -0.4 is 10.6 Å². The number of nitrogens with zero attached hydrogens (tertiary/aromatic N) is 3. The molecule has 0 saturated heterocycles. The van der Waals surface area contributed by atoms with Crippen molar-refractivity contribution in [3.63, 3.8) is 0 Å². The highest BCUT2D eigenvalue weighted by Gasteiger charge is 2.07. The van der Waals surface area contributed by atoms with Crippen LogP contribution in [-0.4, -0.2) is 21.0 Å². The first-order chi connectivity index (χ1) is 7.65. The van der Waals surface area contributed by atoms with E-state index in [-0.39, 0.29) is 0 Å². The minimum Gasteiger partial charge on any atom is -0.360 e. The van der Waals surface area contributed by atoms with Crippen molar-refractivity contribution in [2.24, 2.45) is 7.05 Å². The Morgan fingerprint density at radius 1 is 1.50 bits per heavy atom. The molecular formula is C9H11N5O2. The molecular weight excluding hydrogens is 210 g/mol. The van der Waals surface area contributed by atoms with Crippen molar-refractivity contribution < 1.29 is 9.32 Å². The number of hydrogen-bond donors (Lipinski definition) is 2. The van der Waals surface area contributed by atoms with Crippen LogP contribution in [0.25, 0.3) is 0 Å². The molecule has 2 aromatic rings. The molecule has 2 heterocycles. The van der Waals surface area contributed by atoms with Crippen LogP contribution in [0, 0.1) is 6.92 Å². The quantitative estimate of drug-likeness (QED) is 0.801. The number of anilines is 2. The molecule has 0 bridgehead atoms. The van der Waals surface area contributed by atoms with E-state index in [4.69, 9.17) is 4.52 Å². The van der Waals surface area contributed by atoms with Gasteiger partial charge in [-0.2, -0.15) is 5.10 Å². The lowest BCUT2D eigenvalue weighted by Gasteiger charge is -2.04. The molecule has 84 valence electrons. The summed E-state index contributed by atoms with van der Waals surface area (Å²) in [6.07, 6.45) is 1.59. The van der Waals surface area contributed by atoms with E-state index in [0.717, 1.165) is 0 Å². The second-order valence-corrected chi connectivity index (χ2v) is 3.24. The first-order valence-corrected chi connectivity index (χ1v) is 4.64. The van der Waals surface area contributed by atoms with Crippen molar-refractivity contribution >= 4 is 17.7 Å². The maximum absolute atomic E-state index is 11.5. The van der Waals surface area contributed by atoms with Gasteiger partial charge in [-0.15, -0.1) is 0 Å². The number of urea groups is 1. The Balaban J connectivity index is 1.97. The van der Waals surface area contributed by atoms with Crippen molar-refractivity contribution in [3.05, 3.63) is 24.1 Å². The second kappa shape index (κ2) is 4.05. The van der Waals surface area contributed by atoms with Crippen LogP contribution in [0.3, 0.4) is 0 Å². The van der Waals surface area contributed by atoms with Crippen molar-refractivity contribution in [1.29, 1.82) is 0 Å². The average molecular weight is 221 g/mol. The van der Waals surface area contributed by atoms with Gasteiger partial charge in [0, 0.05) is 19.2 Å². The van der Waals surface area contributed by atoms with Crippen LogP contribution in [-0.2, 0) is 7.05 Å². The normalized spacial score (nSPS) is 10.1. The number of carbonyl (C=O) groups is 1. The molecule has 0 atom stereocenters. The Morgan fingerprint density at radius 2 is 2.31 bits per heavy atom. The first kappa shape index (κ1) is 10.2. The molecule has 2 amide bonds. The summed E-state index contributed by atoms with van der Waals surface area (Å²) >= 11 is 0. The van der Waals surface area contributed by atoms with E-state index in [0.29, 0.717) is 17.4 Å². The number of carbonyl (C=O) groups excluding carboxylic acids is 1. The van der Waals surface area contributed by atoms with Gasteiger partial charge in [0.2, 0.25) is 0 Å². The van der Waals surface area contributed by atoms with Gasteiger partial charge >= 0.3 is 6.03 Å². The Hall–Kier alpha value is -2.31. The monoisotopic (exact) mass is 221 g/mol. The smallest absolute Gasteiger partial charge is 0.326 e. The third-order valence-electron chi connectivity index (χ3n) is 1.93. The summed E-state index contributed by atoms with van der Waals surface area (Å²) in [6, 6.07) is 2.92. The predicted molar refractivity (Wildman–Crippen MR) is 57.1 cm³/mol. The summed E-state index contributed by atoms with van der Waals surface area (Å²) in [5.74, 6) is 1.60. The molecule has 2 aromatic heterocycles. The summed E-state index contributed by atoms with van der Waals surface area (Å²) < 4.78 is 6.36. The van der Waals surface area contributed by atoms with Gasteiger partial charge in [0.15, 0.2) is 5.82 Å². The highest BCUT2D eigenvalue weighted by molar-refractivity contribution is 5.98. The summed E-state index contributed by atoms with van der Waals surface area (Å²) in [5.41, 5.74) is 0. The van der Waals surface area contributed by atoms with Gasteiger partial charge in [-0.05, 0) is 6.92 Å². The third kappa shape index (κ3) is 2.19. The maximum Gasteiger partial charge on any atom is 0.326 e. The van der Waals surface area contributed by atoms with Crippen molar-refractivity contribution in [3.8, 4) is 0 Å². The minimum absolute atomic E-state index is 0.372. The molecule has 0 aromatic carbocycles. The second-order valence-electron chi connectivity index (χ2n) is 3.24. The zero-order valence-electron chi connectivity index (χ0n) is 8.89. The molecule has 7 heteroatoms. The summed E-state index contributed by atoms with van der Waals surface area (Å²) in [6.45, 7) is 1.75. The highest BCUT2D eigenvalue weighted by atomic mass is 16.5. The van der Waals surface area contributed by atoms with Gasteiger partial charge in [0.1, 0.15) is 11.6 Å². The Labute approximate surface area is 91.4 Å². The minimum atomic E-state index is -0.392. The largest absolute Gasteiger partial charge is 0.360 e. The summed E-state index contributed by atoms with van der Waals surface area (Å²) in [4.78, 5) is 11.5. The van der Waals surface area contributed by atoms with Crippen molar-refractivity contribution in [2.45, 2.75) is 6.92 Å². The fraction of sp³-hybridized carbons (Fsp3) is 0.222. The number of aryl methyl sites for hydroxylation is 2. The van der Waals surface area contributed by atoms with Crippen LogP contribution in [0.4, 0.5) is 16.4 Å². The standard InChI is InChI=1S/C9H11N5O2/c1-6-5-7(13-16-6)11-9(15)12-8-3-4-10-14(8)2/h3-5H,1-2H3,(H2,11,12,13,15). The van der Waals surface area contributed by atoms with E-state index < -0.39 is 6.03 Å². The summed E-state index contributed by atoms with van der Waals surface area (Å²) in [5, 5.41) is 12.7. The van der Waals surface area contributed by atoms with Crippen LogP contribution in [0.15, 0.2) is 22.9 Å². The molecule has 2 N–H and O–H groups in total. The van der Waals surface area contributed by atoms with Crippen molar-refractivity contribution in [2.75, 3.05) is 10.6 Å². The van der Waals surface area contributed by atoms with Gasteiger partial charge < -0.3 is 4.52 Å². The molecule has 2 rings (SSSR count). The van der Waals surface area contributed by atoms with E-state index >= 15 is 0 Å². The van der Waals surface area contributed by atoms with E-state index in [2.05, 4.69) is 20.9 Å². The number of hydrogen-bond acceptors (Lipinski definition) is 4. The first-order valence-electron chi connectivity index (χ1n) is 4.64. The molecule has 0 radical (unpaired) electrons.